The average molecular weight is 405 g/mol. The second kappa shape index (κ2) is 9.08. The number of fused-ring (bicyclic) bond motifs is 1. The Balaban J connectivity index is 2.05. The molecule has 5 nitrogen and oxygen atoms in total. The largest absolute Gasteiger partial charge is 0.467 e. The van der Waals surface area contributed by atoms with Crippen molar-refractivity contribution in [3.8, 4) is 11.1 Å². The Morgan fingerprint density at radius 1 is 1.07 bits per heavy atom. The number of methoxy groups -OCH3 is 1. The lowest BCUT2D eigenvalue weighted by atomic mass is 9.91. The van der Waals surface area contributed by atoms with Crippen LogP contribution in [0.25, 0.3) is 22.0 Å². The van der Waals surface area contributed by atoms with Gasteiger partial charge in [0.2, 0.25) is 5.91 Å². The van der Waals surface area contributed by atoms with Crippen LogP contribution < -0.4 is 5.32 Å². The maximum Gasteiger partial charge on any atom is 0.331 e. The predicted octanol–water partition coefficient (Wildman–Crippen LogP) is 4.60. The van der Waals surface area contributed by atoms with Gasteiger partial charge in [0, 0.05) is 11.1 Å². The molecule has 5 heteroatoms. The molecule has 0 saturated carbocycles. The molecule has 156 valence electrons. The van der Waals surface area contributed by atoms with Crippen molar-refractivity contribution in [1.29, 1.82) is 0 Å². The number of aromatic nitrogens is 1. The Bertz CT molecular complexity index is 1060. The molecule has 0 aliphatic heterocycles. The number of benzene rings is 2. The van der Waals surface area contributed by atoms with Crippen LogP contribution >= 0.6 is 0 Å². The number of carbonyl (C=O) groups excluding carboxylic acids is 2. The number of pyridine rings is 1. The number of hydrogen-bond donors (Lipinski definition) is 1. The molecule has 1 amide bonds. The van der Waals surface area contributed by atoms with E-state index in [1.54, 1.807) is 6.92 Å². The first-order chi connectivity index (χ1) is 14.4. The van der Waals surface area contributed by atoms with Gasteiger partial charge in [0.1, 0.15) is 5.54 Å². The highest BCUT2D eigenvalue weighted by Gasteiger charge is 2.35. The van der Waals surface area contributed by atoms with E-state index in [-0.39, 0.29) is 12.3 Å². The number of carbonyl (C=O) groups is 2. The quantitative estimate of drug-likeness (QED) is 0.584. The smallest absolute Gasteiger partial charge is 0.331 e. The second-order valence-electron chi connectivity index (χ2n) is 7.73. The van der Waals surface area contributed by atoms with Gasteiger partial charge in [-0.15, -0.1) is 0 Å². The van der Waals surface area contributed by atoms with Crippen LogP contribution in [-0.2, 0) is 20.7 Å². The Labute approximate surface area is 177 Å². The van der Waals surface area contributed by atoms with Crippen molar-refractivity contribution >= 4 is 22.8 Å². The predicted molar refractivity (Wildman–Crippen MR) is 119 cm³/mol. The van der Waals surface area contributed by atoms with E-state index in [0.717, 1.165) is 39.7 Å². The Morgan fingerprint density at radius 3 is 2.40 bits per heavy atom. The van der Waals surface area contributed by atoms with Crippen molar-refractivity contribution < 1.29 is 14.3 Å². The van der Waals surface area contributed by atoms with Gasteiger partial charge < -0.3 is 10.1 Å². The van der Waals surface area contributed by atoms with E-state index in [9.17, 15) is 9.59 Å². The van der Waals surface area contributed by atoms with Crippen LogP contribution in [0.15, 0.2) is 54.6 Å². The number of aryl methyl sites for hydroxylation is 1. The van der Waals surface area contributed by atoms with E-state index < -0.39 is 11.5 Å². The molecule has 1 atom stereocenters. The lowest BCUT2D eigenvalue weighted by molar-refractivity contribution is -0.150. The molecule has 1 aromatic heterocycles. The van der Waals surface area contributed by atoms with Crippen molar-refractivity contribution in [3.63, 3.8) is 0 Å². The van der Waals surface area contributed by atoms with Gasteiger partial charge in [0.25, 0.3) is 0 Å². The van der Waals surface area contributed by atoms with Crippen LogP contribution in [-0.4, -0.2) is 29.5 Å². The highest BCUT2D eigenvalue weighted by atomic mass is 16.5. The highest BCUT2D eigenvalue weighted by molar-refractivity contribution is 5.98. The standard InChI is InChI=1S/C25H28N2O3/c1-5-15-25(3,24(29)30-4)27-22(28)16-20-17(2)26-21-14-10-9-13-19(21)23(20)18-11-7-6-8-12-18/h6-14H,5,15-16H2,1-4H3,(H,27,28). The van der Waals surface area contributed by atoms with E-state index >= 15 is 0 Å². The maximum atomic E-state index is 13.0. The van der Waals surface area contributed by atoms with E-state index in [4.69, 9.17) is 9.72 Å². The summed E-state index contributed by atoms with van der Waals surface area (Å²) in [5.74, 6) is -0.664. The summed E-state index contributed by atoms with van der Waals surface area (Å²) in [5, 5.41) is 3.91. The summed E-state index contributed by atoms with van der Waals surface area (Å²) in [6.07, 6.45) is 1.38. The van der Waals surface area contributed by atoms with Gasteiger partial charge in [-0.05, 0) is 43.0 Å². The second-order valence-corrected chi connectivity index (χ2v) is 7.73. The number of nitrogens with one attached hydrogen (secondary N) is 1. The highest BCUT2D eigenvalue weighted by Crippen LogP contribution is 2.33. The van der Waals surface area contributed by atoms with Crippen LogP contribution in [0.1, 0.15) is 37.9 Å². The van der Waals surface area contributed by atoms with Crippen LogP contribution in [0.3, 0.4) is 0 Å². The molecule has 2 aromatic carbocycles. The van der Waals surface area contributed by atoms with Crippen LogP contribution in [0.2, 0.25) is 0 Å². The Kier molecular flexibility index (Phi) is 6.50. The van der Waals surface area contributed by atoms with Crippen molar-refractivity contribution in [3.05, 3.63) is 65.9 Å². The molecule has 0 aliphatic carbocycles. The SMILES string of the molecule is CCCC(C)(NC(=O)Cc1c(C)nc2ccccc2c1-c1ccccc1)C(=O)OC. The van der Waals surface area contributed by atoms with E-state index in [1.807, 2.05) is 68.4 Å². The summed E-state index contributed by atoms with van der Waals surface area (Å²) in [5.41, 5.74) is 3.55. The molecule has 0 fully saturated rings. The van der Waals surface area contributed by atoms with Gasteiger partial charge in [-0.1, -0.05) is 61.9 Å². The zero-order valence-corrected chi connectivity index (χ0v) is 18.0. The minimum atomic E-state index is -1.05. The van der Waals surface area contributed by atoms with Crippen LogP contribution in [0.5, 0.6) is 0 Å². The number of hydrogen-bond acceptors (Lipinski definition) is 4. The fourth-order valence-electron chi connectivity index (χ4n) is 3.98. The van der Waals surface area contributed by atoms with Gasteiger partial charge >= 0.3 is 5.97 Å². The summed E-state index contributed by atoms with van der Waals surface area (Å²) >= 11 is 0. The van der Waals surface area contributed by atoms with E-state index in [0.29, 0.717) is 6.42 Å². The number of para-hydroxylation sites is 1. The van der Waals surface area contributed by atoms with Crippen molar-refractivity contribution in [2.24, 2.45) is 0 Å². The first-order valence-corrected chi connectivity index (χ1v) is 10.2. The molecule has 0 radical (unpaired) electrons. The van der Waals surface area contributed by atoms with Crippen molar-refractivity contribution in [1.82, 2.24) is 10.3 Å². The first-order valence-electron chi connectivity index (χ1n) is 10.2. The molecule has 0 aliphatic rings. The summed E-state index contributed by atoms with van der Waals surface area (Å²) in [6, 6.07) is 18.0. The number of amides is 1. The maximum absolute atomic E-state index is 13.0. The van der Waals surface area contributed by atoms with Gasteiger partial charge in [-0.25, -0.2) is 4.79 Å². The Morgan fingerprint density at radius 2 is 1.73 bits per heavy atom. The molecule has 30 heavy (non-hydrogen) atoms. The molecule has 0 spiro atoms. The third-order valence-electron chi connectivity index (χ3n) is 5.40. The monoisotopic (exact) mass is 404 g/mol. The van der Waals surface area contributed by atoms with Gasteiger partial charge in [-0.2, -0.15) is 0 Å². The topological polar surface area (TPSA) is 68.3 Å². The zero-order chi connectivity index (χ0) is 21.7. The molecule has 3 rings (SSSR count). The molecule has 3 aromatic rings. The minimum Gasteiger partial charge on any atom is -0.467 e. The molecule has 1 unspecified atom stereocenters. The third-order valence-corrected chi connectivity index (χ3v) is 5.40. The fraction of sp³-hybridized carbons (Fsp3) is 0.320. The van der Waals surface area contributed by atoms with Gasteiger partial charge in [-0.3, -0.25) is 9.78 Å². The summed E-state index contributed by atoms with van der Waals surface area (Å²) in [6.45, 7) is 5.61. The lowest BCUT2D eigenvalue weighted by Crippen LogP contribution is -2.53. The lowest BCUT2D eigenvalue weighted by Gasteiger charge is -2.28. The normalized spacial score (nSPS) is 12.9. The molecule has 0 saturated heterocycles. The number of rotatable bonds is 7. The molecule has 0 bridgehead atoms. The van der Waals surface area contributed by atoms with Gasteiger partial charge in [0.15, 0.2) is 0 Å². The number of esters is 1. The number of nitrogens with zero attached hydrogens (tertiary/aromatic N) is 1. The van der Waals surface area contributed by atoms with Crippen LogP contribution in [0, 0.1) is 6.92 Å². The summed E-state index contributed by atoms with van der Waals surface area (Å²) in [4.78, 5) is 30.1. The molecular weight excluding hydrogens is 376 g/mol. The molecule has 1 heterocycles. The van der Waals surface area contributed by atoms with Crippen molar-refractivity contribution in [2.75, 3.05) is 7.11 Å². The van der Waals surface area contributed by atoms with Gasteiger partial charge in [0.05, 0.1) is 19.0 Å². The number of ether oxygens (including phenoxy) is 1. The zero-order valence-electron chi connectivity index (χ0n) is 18.0. The van der Waals surface area contributed by atoms with E-state index in [1.165, 1.54) is 7.11 Å². The molecular formula is C25H28N2O3. The fourth-order valence-corrected chi connectivity index (χ4v) is 3.98. The first kappa shape index (κ1) is 21.5. The average Bonchev–Trinajstić information content (AvgIpc) is 2.74. The third kappa shape index (κ3) is 4.35. The van der Waals surface area contributed by atoms with Crippen molar-refractivity contribution in [2.45, 2.75) is 45.6 Å². The molecule has 1 N–H and O–H groups in total. The van der Waals surface area contributed by atoms with Crippen LogP contribution in [0.4, 0.5) is 0 Å². The van der Waals surface area contributed by atoms with E-state index in [2.05, 4.69) is 5.32 Å². The summed E-state index contributed by atoms with van der Waals surface area (Å²) in [7, 11) is 1.34. The Hall–Kier alpha value is -3.21. The minimum absolute atomic E-state index is 0.129. The summed E-state index contributed by atoms with van der Waals surface area (Å²) < 4.78 is 4.93.